The first-order chi connectivity index (χ1) is 35.9. The molecule has 14 nitrogen and oxygen atoms in total. The molecule has 6 N–H and O–H groups in total. The van der Waals surface area contributed by atoms with Crippen molar-refractivity contribution < 1.29 is 65.1 Å². The van der Waals surface area contributed by atoms with Crippen LogP contribution >= 0.6 is 22.7 Å². The van der Waals surface area contributed by atoms with Gasteiger partial charge in [0.15, 0.2) is 0 Å². The van der Waals surface area contributed by atoms with Crippen LogP contribution in [0.4, 0.5) is 58.4 Å². The number of aromatic carboxylic acids is 2. The molecule has 6 aromatic heterocycles. The Morgan fingerprint density at radius 2 is 0.961 bits per heavy atom. The van der Waals surface area contributed by atoms with Gasteiger partial charge in [-0.15, -0.1) is 22.7 Å². The normalized spacial score (nSPS) is 17.2. The standard InChI is InChI=1S/2C26H20F4N4O3S/c2*1-13-7-19(33-22(8-13)34-21-10-15(4-6-31-21)26(28,29)30)20-12-32-24(38-20)25(37)5-2-3-14-9-16(23(35)36)18(27)11-17(14)25/h2*4,6-12,37H,2-3,5H2,1H3,(H,35,36)(H,31,33,34)/t2*25-/m10/s1. The number of benzene rings is 2. The topological polar surface area (TPSA) is 216 Å². The molecule has 0 radical (unpaired) electrons. The second-order valence-electron chi connectivity index (χ2n) is 18.0. The molecule has 2 aromatic carbocycles. The third kappa shape index (κ3) is 11.0. The van der Waals surface area contributed by atoms with Crippen molar-refractivity contribution in [3.8, 4) is 21.1 Å². The van der Waals surface area contributed by atoms with Crippen molar-refractivity contribution in [2.75, 3.05) is 10.6 Å². The van der Waals surface area contributed by atoms with E-state index >= 15 is 0 Å². The van der Waals surface area contributed by atoms with Crippen molar-refractivity contribution in [2.45, 2.75) is 75.9 Å². The molecule has 0 spiro atoms. The minimum Gasteiger partial charge on any atom is -0.478 e. The lowest BCUT2D eigenvalue weighted by Crippen LogP contribution is -2.32. The Morgan fingerprint density at radius 3 is 1.33 bits per heavy atom. The molecule has 10 rings (SSSR count). The van der Waals surface area contributed by atoms with Crippen molar-refractivity contribution in [1.82, 2.24) is 29.9 Å². The molecule has 0 bridgehead atoms. The van der Waals surface area contributed by atoms with Gasteiger partial charge in [0.05, 0.1) is 43.4 Å². The number of rotatable bonds is 10. The zero-order valence-corrected chi connectivity index (χ0v) is 41.2. The quantitative estimate of drug-likeness (QED) is 0.0703. The van der Waals surface area contributed by atoms with E-state index in [4.69, 9.17) is 0 Å². The highest BCUT2D eigenvalue weighted by atomic mass is 32.1. The number of anilines is 4. The lowest BCUT2D eigenvalue weighted by atomic mass is 9.78. The van der Waals surface area contributed by atoms with Crippen molar-refractivity contribution >= 4 is 57.9 Å². The highest BCUT2D eigenvalue weighted by Gasteiger charge is 2.42. The summed E-state index contributed by atoms with van der Waals surface area (Å²) in [5.41, 5.74) is -1.69. The van der Waals surface area contributed by atoms with Crippen LogP contribution in [0.25, 0.3) is 21.1 Å². The molecule has 6 heterocycles. The van der Waals surface area contributed by atoms with Gasteiger partial charge in [0.1, 0.15) is 56.1 Å². The zero-order valence-electron chi connectivity index (χ0n) is 39.6. The molecule has 0 unspecified atom stereocenters. The second kappa shape index (κ2) is 20.4. The molecule has 0 saturated carbocycles. The Bertz CT molecular complexity index is 3340. The Labute approximate surface area is 433 Å². The number of hydrogen-bond donors (Lipinski definition) is 6. The Morgan fingerprint density at radius 1 is 0.566 bits per heavy atom. The molecule has 0 fully saturated rings. The number of hydrogen-bond acceptors (Lipinski definition) is 14. The fourth-order valence-electron chi connectivity index (χ4n) is 9.03. The van der Waals surface area contributed by atoms with Crippen LogP contribution in [0.5, 0.6) is 0 Å². The Balaban J connectivity index is 0.000000186. The van der Waals surface area contributed by atoms with Gasteiger partial charge < -0.3 is 31.1 Å². The third-order valence-corrected chi connectivity index (χ3v) is 14.9. The monoisotopic (exact) mass is 1090 g/mol. The van der Waals surface area contributed by atoms with Gasteiger partial charge in [-0.25, -0.2) is 48.3 Å². The van der Waals surface area contributed by atoms with E-state index in [-0.39, 0.29) is 47.2 Å². The van der Waals surface area contributed by atoms with Gasteiger partial charge in [0, 0.05) is 24.8 Å². The number of fused-ring (bicyclic) bond motifs is 2. The minimum atomic E-state index is -4.51. The van der Waals surface area contributed by atoms with E-state index < -0.39 is 69.4 Å². The summed E-state index contributed by atoms with van der Waals surface area (Å²) in [6.07, 6.45) is -1.26. The van der Waals surface area contributed by atoms with E-state index in [1.54, 1.807) is 38.1 Å². The van der Waals surface area contributed by atoms with Gasteiger partial charge >= 0.3 is 24.3 Å². The third-order valence-electron chi connectivity index (χ3n) is 12.6. The van der Waals surface area contributed by atoms with E-state index in [0.29, 0.717) is 68.0 Å². The molecule has 76 heavy (non-hydrogen) atoms. The number of thiazole rings is 2. The molecule has 392 valence electrons. The number of halogens is 8. The molecule has 2 aliphatic carbocycles. The predicted molar refractivity (Wildman–Crippen MR) is 264 cm³/mol. The Hall–Kier alpha value is -7.80. The molecule has 0 amide bonds. The van der Waals surface area contributed by atoms with Crippen LogP contribution in [0.1, 0.15) is 101 Å². The predicted octanol–water partition coefficient (Wildman–Crippen LogP) is 12.2. The lowest BCUT2D eigenvalue weighted by Gasteiger charge is -2.33. The second-order valence-corrected chi connectivity index (χ2v) is 20.1. The van der Waals surface area contributed by atoms with Gasteiger partial charge in [-0.05, 0) is 159 Å². The average molecular weight is 1090 g/mol. The number of alkyl halides is 6. The number of carboxylic acids is 2. The van der Waals surface area contributed by atoms with Crippen LogP contribution in [-0.4, -0.2) is 62.3 Å². The van der Waals surface area contributed by atoms with E-state index in [9.17, 15) is 65.1 Å². The minimum absolute atomic E-state index is 0.0234. The molecule has 24 heteroatoms. The number of aryl methyl sites for hydroxylation is 4. The fraction of sp³-hybridized carbons (Fsp3) is 0.231. The van der Waals surface area contributed by atoms with E-state index in [1.165, 1.54) is 24.5 Å². The van der Waals surface area contributed by atoms with Crippen LogP contribution in [0.15, 0.2) is 97.6 Å². The summed E-state index contributed by atoms with van der Waals surface area (Å²) in [7, 11) is 0. The van der Waals surface area contributed by atoms with Gasteiger partial charge in [-0.3, -0.25) is 0 Å². The highest BCUT2D eigenvalue weighted by Crippen LogP contribution is 2.46. The van der Waals surface area contributed by atoms with Crippen molar-refractivity contribution in [3.05, 3.63) is 175 Å². The van der Waals surface area contributed by atoms with Crippen molar-refractivity contribution in [2.24, 2.45) is 0 Å². The summed E-state index contributed by atoms with van der Waals surface area (Å²) in [4.78, 5) is 49.5. The number of carbonyl (C=O) groups is 2. The summed E-state index contributed by atoms with van der Waals surface area (Å²) < 4.78 is 107. The number of carboxylic acid groups (broad SMARTS) is 2. The number of nitrogens with zero attached hydrogens (tertiary/aromatic N) is 6. The van der Waals surface area contributed by atoms with Gasteiger partial charge in [0.25, 0.3) is 0 Å². The van der Waals surface area contributed by atoms with E-state index in [0.717, 1.165) is 82.6 Å². The SMILES string of the molecule is Cc1cc(Nc2cc(C(F)(F)F)ccn2)nc(-c2cnc([C@@]3(O)CCCc4cc(C(=O)O)c(F)cc43)s2)c1.Cc1cc(Nc2cc(C(F)(F)F)ccn2)nc(-c2cnc([C@]3(O)CCCc4cc(C(=O)O)c(F)cc43)s2)c1. The maximum absolute atomic E-state index is 14.5. The molecule has 2 aliphatic rings. The number of nitrogens with one attached hydrogen (secondary N) is 2. The van der Waals surface area contributed by atoms with Crippen molar-refractivity contribution in [1.29, 1.82) is 0 Å². The first kappa shape index (κ1) is 53.0. The largest absolute Gasteiger partial charge is 0.478 e. The highest BCUT2D eigenvalue weighted by molar-refractivity contribution is 7.15. The molecule has 0 aliphatic heterocycles. The first-order valence-electron chi connectivity index (χ1n) is 23.0. The van der Waals surface area contributed by atoms with Crippen LogP contribution < -0.4 is 10.6 Å². The van der Waals surface area contributed by atoms with Crippen LogP contribution in [0.3, 0.4) is 0 Å². The molecule has 2 atom stereocenters. The zero-order chi connectivity index (χ0) is 54.5. The smallest absolute Gasteiger partial charge is 0.416 e. The first-order valence-corrected chi connectivity index (χ1v) is 24.6. The number of aromatic nitrogens is 6. The van der Waals surface area contributed by atoms with Crippen LogP contribution in [0, 0.1) is 25.5 Å². The lowest BCUT2D eigenvalue weighted by molar-refractivity contribution is -0.138. The molecular formula is C52H40F8N8O6S2. The maximum Gasteiger partial charge on any atom is 0.416 e. The summed E-state index contributed by atoms with van der Waals surface area (Å²) in [6, 6.07) is 15.0. The number of pyridine rings is 4. The Kier molecular flexibility index (Phi) is 14.2. The van der Waals surface area contributed by atoms with Gasteiger partial charge in [-0.2, -0.15) is 26.3 Å². The molecule has 8 aromatic rings. The summed E-state index contributed by atoms with van der Waals surface area (Å²) in [6.45, 7) is 3.59. The summed E-state index contributed by atoms with van der Waals surface area (Å²) in [5, 5.41) is 47.9. The van der Waals surface area contributed by atoms with Crippen molar-refractivity contribution in [3.63, 3.8) is 0 Å². The van der Waals surface area contributed by atoms with Crippen LogP contribution in [0.2, 0.25) is 0 Å². The van der Waals surface area contributed by atoms with Gasteiger partial charge in [-0.1, -0.05) is 0 Å². The van der Waals surface area contributed by atoms with Crippen LogP contribution in [-0.2, 0) is 36.4 Å². The van der Waals surface area contributed by atoms with E-state index in [2.05, 4.69) is 40.5 Å². The molecule has 0 saturated heterocycles. The fourth-order valence-corrected chi connectivity index (χ4v) is 11.0. The summed E-state index contributed by atoms with van der Waals surface area (Å²) in [5.74, 6) is -4.15. The maximum atomic E-state index is 14.5. The molecular weight excluding hydrogens is 1050 g/mol. The average Bonchev–Trinajstić information content (AvgIpc) is 4.08. The van der Waals surface area contributed by atoms with E-state index in [1.807, 2.05) is 0 Å². The van der Waals surface area contributed by atoms with Gasteiger partial charge in [0.2, 0.25) is 0 Å². The summed E-state index contributed by atoms with van der Waals surface area (Å²) >= 11 is 2.29. The number of aliphatic hydroxyl groups is 2.